The van der Waals surface area contributed by atoms with Crippen LogP contribution in [-0.2, 0) is 4.74 Å². The number of nitrogen functional groups attached to an aromatic ring is 1. The van der Waals surface area contributed by atoms with Crippen LogP contribution >= 0.6 is 11.6 Å². The van der Waals surface area contributed by atoms with Crippen LogP contribution in [0.5, 0.6) is 0 Å². The average Bonchev–Trinajstić information content (AvgIpc) is 2.46. The Morgan fingerprint density at radius 1 is 1.14 bits per heavy atom. The van der Waals surface area contributed by atoms with E-state index < -0.39 is 11.9 Å². The molecule has 21 heavy (non-hydrogen) atoms. The summed E-state index contributed by atoms with van der Waals surface area (Å²) >= 11 is 6.12. The Balaban J connectivity index is 2.60. The number of nitrogens with two attached hydrogens (primary N) is 1. The lowest BCUT2D eigenvalue weighted by atomic mass is 10.00. The molecule has 0 aliphatic heterocycles. The van der Waals surface area contributed by atoms with Gasteiger partial charge in [-0.25, -0.2) is 9.59 Å². The van der Waals surface area contributed by atoms with Crippen molar-refractivity contribution in [3.8, 4) is 11.1 Å². The van der Waals surface area contributed by atoms with Gasteiger partial charge in [-0.3, -0.25) is 0 Å². The molecule has 0 fully saturated rings. The van der Waals surface area contributed by atoms with Gasteiger partial charge in [0.2, 0.25) is 0 Å². The molecule has 2 rings (SSSR count). The quantitative estimate of drug-likeness (QED) is 0.672. The summed E-state index contributed by atoms with van der Waals surface area (Å²) in [5, 5.41) is 9.45. The standard InChI is InChI=1S/C15H12ClNO4/c1-21-15(20)8-2-3-13(16)12(7-8)9-4-10(14(18)19)6-11(17)5-9/h2-7H,17H2,1H3,(H,18,19). The van der Waals surface area contributed by atoms with Crippen molar-refractivity contribution in [2.45, 2.75) is 0 Å². The van der Waals surface area contributed by atoms with Gasteiger partial charge in [0.25, 0.3) is 0 Å². The van der Waals surface area contributed by atoms with E-state index in [4.69, 9.17) is 22.4 Å². The van der Waals surface area contributed by atoms with E-state index in [1.807, 2.05) is 0 Å². The molecule has 0 atom stereocenters. The Morgan fingerprint density at radius 2 is 1.86 bits per heavy atom. The largest absolute Gasteiger partial charge is 0.478 e. The van der Waals surface area contributed by atoms with Crippen LogP contribution in [0.3, 0.4) is 0 Å². The van der Waals surface area contributed by atoms with Gasteiger partial charge in [-0.1, -0.05) is 11.6 Å². The Bertz CT molecular complexity index is 728. The Kier molecular flexibility index (Phi) is 4.14. The molecular weight excluding hydrogens is 294 g/mol. The number of carbonyl (C=O) groups excluding carboxylic acids is 1. The summed E-state index contributed by atoms with van der Waals surface area (Å²) in [6.07, 6.45) is 0. The molecule has 0 saturated heterocycles. The van der Waals surface area contributed by atoms with Gasteiger partial charge in [0.05, 0.1) is 18.2 Å². The van der Waals surface area contributed by atoms with Crippen molar-refractivity contribution in [1.29, 1.82) is 0 Å². The van der Waals surface area contributed by atoms with Crippen LogP contribution in [0.15, 0.2) is 36.4 Å². The van der Waals surface area contributed by atoms with Crippen LogP contribution in [0, 0.1) is 0 Å². The highest BCUT2D eigenvalue weighted by Crippen LogP contribution is 2.31. The van der Waals surface area contributed by atoms with Gasteiger partial charge in [-0.05, 0) is 42.0 Å². The van der Waals surface area contributed by atoms with E-state index in [1.165, 1.54) is 31.4 Å². The predicted molar refractivity (Wildman–Crippen MR) is 79.6 cm³/mol. The van der Waals surface area contributed by atoms with E-state index in [9.17, 15) is 9.59 Å². The number of carboxylic acids is 1. The number of aromatic carboxylic acids is 1. The number of carbonyl (C=O) groups is 2. The molecule has 108 valence electrons. The summed E-state index contributed by atoms with van der Waals surface area (Å²) in [5.74, 6) is -1.60. The van der Waals surface area contributed by atoms with Crippen LogP contribution in [-0.4, -0.2) is 24.2 Å². The van der Waals surface area contributed by atoms with Crippen molar-refractivity contribution in [3.05, 3.63) is 52.5 Å². The van der Waals surface area contributed by atoms with Gasteiger partial charge >= 0.3 is 11.9 Å². The number of rotatable bonds is 3. The highest BCUT2D eigenvalue weighted by atomic mass is 35.5. The zero-order valence-electron chi connectivity index (χ0n) is 11.1. The first-order valence-corrected chi connectivity index (χ1v) is 6.32. The first-order chi connectivity index (χ1) is 9.92. The number of methoxy groups -OCH3 is 1. The van der Waals surface area contributed by atoms with E-state index in [0.717, 1.165) is 0 Å². The molecule has 6 heteroatoms. The number of hydrogen-bond donors (Lipinski definition) is 2. The molecule has 0 radical (unpaired) electrons. The molecule has 3 N–H and O–H groups in total. The van der Waals surface area contributed by atoms with Gasteiger partial charge in [0, 0.05) is 16.3 Å². The van der Waals surface area contributed by atoms with Crippen LogP contribution in [0.1, 0.15) is 20.7 Å². The molecule has 0 heterocycles. The predicted octanol–water partition coefficient (Wildman–Crippen LogP) is 3.07. The van der Waals surface area contributed by atoms with E-state index in [1.54, 1.807) is 12.1 Å². The van der Waals surface area contributed by atoms with Crippen LogP contribution in [0.4, 0.5) is 5.69 Å². The summed E-state index contributed by atoms with van der Waals surface area (Å²) in [6, 6.07) is 9.00. The summed E-state index contributed by atoms with van der Waals surface area (Å²) in [5.41, 5.74) is 7.39. The van der Waals surface area contributed by atoms with Crippen LogP contribution < -0.4 is 5.73 Å². The number of ether oxygens (including phenoxy) is 1. The number of benzene rings is 2. The molecular formula is C15H12ClNO4. The average molecular weight is 306 g/mol. The zero-order chi connectivity index (χ0) is 15.6. The fourth-order valence-corrected chi connectivity index (χ4v) is 2.15. The van der Waals surface area contributed by atoms with Crippen LogP contribution in [0.2, 0.25) is 5.02 Å². The third kappa shape index (κ3) is 3.14. The van der Waals surface area contributed by atoms with Gasteiger partial charge in [0.1, 0.15) is 0 Å². The molecule has 0 unspecified atom stereocenters. The first kappa shape index (κ1) is 14.9. The Hall–Kier alpha value is -2.53. The molecule has 0 saturated carbocycles. The minimum absolute atomic E-state index is 0.0459. The maximum absolute atomic E-state index is 11.6. The molecule has 2 aromatic carbocycles. The van der Waals surface area contributed by atoms with Crippen molar-refractivity contribution < 1.29 is 19.4 Å². The number of esters is 1. The second-order valence-electron chi connectivity index (χ2n) is 4.34. The highest BCUT2D eigenvalue weighted by Gasteiger charge is 2.13. The van der Waals surface area contributed by atoms with E-state index in [0.29, 0.717) is 27.4 Å². The normalized spacial score (nSPS) is 10.2. The van der Waals surface area contributed by atoms with Crippen molar-refractivity contribution >= 4 is 29.2 Å². The zero-order valence-corrected chi connectivity index (χ0v) is 11.8. The van der Waals surface area contributed by atoms with Gasteiger partial charge in [-0.2, -0.15) is 0 Å². The fraction of sp³-hybridized carbons (Fsp3) is 0.0667. The fourth-order valence-electron chi connectivity index (χ4n) is 1.92. The Labute approximate surface area is 125 Å². The number of anilines is 1. The van der Waals surface area contributed by atoms with E-state index >= 15 is 0 Å². The van der Waals surface area contributed by atoms with E-state index in [-0.39, 0.29) is 5.56 Å². The van der Waals surface area contributed by atoms with Gasteiger partial charge in [0.15, 0.2) is 0 Å². The van der Waals surface area contributed by atoms with Crippen molar-refractivity contribution in [1.82, 2.24) is 0 Å². The van der Waals surface area contributed by atoms with Gasteiger partial charge in [-0.15, -0.1) is 0 Å². The van der Waals surface area contributed by atoms with Crippen molar-refractivity contribution in [2.24, 2.45) is 0 Å². The van der Waals surface area contributed by atoms with E-state index in [2.05, 4.69) is 4.74 Å². The lowest BCUT2D eigenvalue weighted by Crippen LogP contribution is -2.02. The lowest BCUT2D eigenvalue weighted by Gasteiger charge is -2.09. The first-order valence-electron chi connectivity index (χ1n) is 5.94. The molecule has 5 nitrogen and oxygen atoms in total. The number of carboxylic acid groups (broad SMARTS) is 1. The third-order valence-corrected chi connectivity index (χ3v) is 3.23. The summed E-state index contributed by atoms with van der Waals surface area (Å²) in [7, 11) is 1.28. The van der Waals surface area contributed by atoms with Gasteiger partial charge < -0.3 is 15.6 Å². The molecule has 0 amide bonds. The van der Waals surface area contributed by atoms with Crippen molar-refractivity contribution in [3.63, 3.8) is 0 Å². The smallest absolute Gasteiger partial charge is 0.337 e. The summed E-state index contributed by atoms with van der Waals surface area (Å²) < 4.78 is 4.65. The molecule has 0 aromatic heterocycles. The number of hydrogen-bond acceptors (Lipinski definition) is 4. The maximum Gasteiger partial charge on any atom is 0.337 e. The molecule has 0 bridgehead atoms. The molecule has 0 aliphatic carbocycles. The third-order valence-electron chi connectivity index (χ3n) is 2.90. The minimum Gasteiger partial charge on any atom is -0.478 e. The molecule has 0 aliphatic rings. The second-order valence-corrected chi connectivity index (χ2v) is 4.74. The van der Waals surface area contributed by atoms with Crippen molar-refractivity contribution in [2.75, 3.05) is 12.8 Å². The topological polar surface area (TPSA) is 89.6 Å². The SMILES string of the molecule is COC(=O)c1ccc(Cl)c(-c2cc(N)cc(C(=O)O)c2)c1. The minimum atomic E-state index is -1.09. The molecule has 2 aromatic rings. The Morgan fingerprint density at radius 3 is 2.48 bits per heavy atom. The molecule has 0 spiro atoms. The van der Waals surface area contributed by atoms with Crippen LogP contribution in [0.25, 0.3) is 11.1 Å². The maximum atomic E-state index is 11.6. The monoisotopic (exact) mass is 305 g/mol. The number of halogens is 1. The summed E-state index contributed by atoms with van der Waals surface area (Å²) in [4.78, 5) is 22.6. The second kappa shape index (κ2) is 5.85. The summed E-state index contributed by atoms with van der Waals surface area (Å²) in [6.45, 7) is 0. The highest BCUT2D eigenvalue weighted by molar-refractivity contribution is 6.33. The lowest BCUT2D eigenvalue weighted by molar-refractivity contribution is 0.0600.